The zero-order valence-electron chi connectivity index (χ0n) is 20.5. The first kappa shape index (κ1) is 24.8. The van der Waals surface area contributed by atoms with Crippen LogP contribution in [0.1, 0.15) is 23.6 Å². The highest BCUT2D eigenvalue weighted by atomic mass is 16.7. The Morgan fingerprint density at radius 2 is 1.73 bits per heavy atom. The van der Waals surface area contributed by atoms with Gasteiger partial charge in [0.15, 0.2) is 23.8 Å². The Morgan fingerprint density at radius 1 is 1.03 bits per heavy atom. The summed E-state index contributed by atoms with van der Waals surface area (Å²) < 4.78 is 29.7. The minimum absolute atomic E-state index is 0.0382. The van der Waals surface area contributed by atoms with Crippen molar-refractivity contribution in [2.45, 2.75) is 25.2 Å². The summed E-state index contributed by atoms with van der Waals surface area (Å²) in [5.41, 5.74) is 3.99. The van der Waals surface area contributed by atoms with E-state index < -0.39 is 6.29 Å². The molecule has 8 heteroatoms. The van der Waals surface area contributed by atoms with Gasteiger partial charge in [-0.2, -0.15) is 0 Å². The van der Waals surface area contributed by atoms with E-state index in [9.17, 15) is 5.11 Å². The standard InChI is InChI=1S/C25H34N2O6/c1-26-18-10-8-15-12-21(29-3)24(32-6)25(33-7)23(15)16-9-11-19(20(28)13-17(16)18)27(2)14-22(30-4)31-5/h9,11-13,18,22,26H,8,10,14H2,1-7H3/p+1/t18-/m0/s1. The maximum Gasteiger partial charge on any atom is 0.242 e. The van der Waals surface area contributed by atoms with E-state index in [2.05, 4.69) is 5.32 Å². The molecule has 0 bridgehead atoms. The second-order valence-electron chi connectivity index (χ2n) is 7.96. The van der Waals surface area contributed by atoms with E-state index in [4.69, 9.17) is 23.7 Å². The van der Waals surface area contributed by atoms with Crippen LogP contribution >= 0.6 is 0 Å². The summed E-state index contributed by atoms with van der Waals surface area (Å²) >= 11 is 0. The Morgan fingerprint density at radius 3 is 2.30 bits per heavy atom. The monoisotopic (exact) mass is 459 g/mol. The molecule has 2 aromatic rings. The molecule has 33 heavy (non-hydrogen) atoms. The number of benzene rings is 1. The predicted octanol–water partition coefficient (Wildman–Crippen LogP) is 2.31. The molecule has 0 aliphatic heterocycles. The molecular weight excluding hydrogens is 424 g/mol. The molecule has 0 saturated heterocycles. The number of ether oxygens (including phenoxy) is 5. The minimum atomic E-state index is -0.416. The van der Waals surface area contributed by atoms with Gasteiger partial charge in [0, 0.05) is 31.9 Å². The number of fused-ring (bicyclic) bond motifs is 3. The first-order valence-electron chi connectivity index (χ1n) is 10.9. The van der Waals surface area contributed by atoms with Crippen LogP contribution in [0.5, 0.6) is 23.0 Å². The van der Waals surface area contributed by atoms with E-state index in [1.54, 1.807) is 35.5 Å². The van der Waals surface area contributed by atoms with Crippen molar-refractivity contribution in [3.05, 3.63) is 40.7 Å². The van der Waals surface area contributed by atoms with E-state index in [-0.39, 0.29) is 11.8 Å². The number of hydrogen-bond acceptors (Lipinski definition) is 7. The molecule has 3 rings (SSSR count). The lowest BCUT2D eigenvalue weighted by Crippen LogP contribution is -2.34. The van der Waals surface area contributed by atoms with Crippen LogP contribution < -0.4 is 29.5 Å². The third-order valence-corrected chi connectivity index (χ3v) is 6.24. The minimum Gasteiger partial charge on any atom is -0.502 e. The normalized spacial score (nSPS) is 15.9. The van der Waals surface area contributed by atoms with Gasteiger partial charge in [-0.25, -0.2) is 4.58 Å². The van der Waals surface area contributed by atoms with Gasteiger partial charge in [0.05, 0.1) is 21.3 Å². The fourth-order valence-electron chi connectivity index (χ4n) is 4.50. The fraction of sp³-hybridized carbons (Fsp3) is 0.480. The second kappa shape index (κ2) is 10.9. The molecule has 1 aliphatic rings. The number of likely N-dealkylation sites (N-methyl/N-ethyl adjacent to an activating group) is 1. The SMILES string of the molecule is CN[C@H]1CCc2cc(OC)c(OC)c(OC)c2-c2ccc(=[N+](C)CC(OC)OC)c(O)cc21. The lowest BCUT2D eigenvalue weighted by molar-refractivity contribution is -0.101. The zero-order chi connectivity index (χ0) is 24.1. The molecule has 8 nitrogen and oxygen atoms in total. The van der Waals surface area contributed by atoms with Gasteiger partial charge in [-0.3, -0.25) is 0 Å². The third kappa shape index (κ3) is 4.78. The average Bonchev–Trinajstić information content (AvgIpc) is 3.08. The van der Waals surface area contributed by atoms with Gasteiger partial charge in [-0.15, -0.1) is 0 Å². The van der Waals surface area contributed by atoms with Crippen LogP contribution in [-0.4, -0.2) is 67.6 Å². The zero-order valence-corrected chi connectivity index (χ0v) is 20.5. The van der Waals surface area contributed by atoms with Crippen LogP contribution in [0.2, 0.25) is 0 Å². The number of aryl methyl sites for hydroxylation is 1. The molecule has 2 aromatic carbocycles. The van der Waals surface area contributed by atoms with Crippen molar-refractivity contribution < 1.29 is 28.8 Å². The van der Waals surface area contributed by atoms with Gasteiger partial charge in [0.1, 0.15) is 7.05 Å². The van der Waals surface area contributed by atoms with E-state index >= 15 is 0 Å². The van der Waals surface area contributed by atoms with Crippen molar-refractivity contribution in [2.75, 3.05) is 56.2 Å². The predicted molar refractivity (Wildman–Crippen MR) is 127 cm³/mol. The van der Waals surface area contributed by atoms with E-state index in [1.165, 1.54) is 0 Å². The van der Waals surface area contributed by atoms with Crippen LogP contribution in [-0.2, 0) is 15.9 Å². The maximum atomic E-state index is 11.1. The Balaban J connectivity index is 2.36. The van der Waals surface area contributed by atoms with Crippen molar-refractivity contribution in [1.29, 1.82) is 0 Å². The Hall–Kier alpha value is -2.81. The van der Waals surface area contributed by atoms with Gasteiger partial charge in [-0.05, 0) is 54.8 Å². The van der Waals surface area contributed by atoms with Gasteiger partial charge in [-0.1, -0.05) is 0 Å². The van der Waals surface area contributed by atoms with E-state index in [0.717, 1.165) is 35.1 Å². The number of rotatable bonds is 8. The summed E-state index contributed by atoms with van der Waals surface area (Å²) in [4.78, 5) is 0. The highest BCUT2D eigenvalue weighted by molar-refractivity contribution is 5.82. The van der Waals surface area contributed by atoms with Crippen molar-refractivity contribution in [2.24, 2.45) is 0 Å². The van der Waals surface area contributed by atoms with Crippen molar-refractivity contribution in [3.8, 4) is 34.1 Å². The average molecular weight is 460 g/mol. The molecular formula is C25H35N2O6+. The lowest BCUT2D eigenvalue weighted by Gasteiger charge is -2.19. The second-order valence-corrected chi connectivity index (χ2v) is 7.96. The molecule has 0 radical (unpaired) electrons. The first-order chi connectivity index (χ1) is 15.9. The van der Waals surface area contributed by atoms with Crippen molar-refractivity contribution in [3.63, 3.8) is 0 Å². The van der Waals surface area contributed by atoms with Gasteiger partial charge in [0.2, 0.25) is 17.4 Å². The van der Waals surface area contributed by atoms with E-state index in [0.29, 0.717) is 29.2 Å². The molecule has 1 aliphatic carbocycles. The number of nitrogens with one attached hydrogen (secondary N) is 1. The molecule has 0 heterocycles. The number of aromatic hydroxyl groups is 1. The number of nitrogens with zero attached hydrogens (tertiary/aromatic N) is 1. The quantitative estimate of drug-likeness (QED) is 0.463. The number of hydrogen-bond donors (Lipinski definition) is 2. The van der Waals surface area contributed by atoms with Crippen LogP contribution in [0.25, 0.3) is 11.1 Å². The van der Waals surface area contributed by atoms with Crippen LogP contribution in [0, 0.1) is 0 Å². The Labute approximate surface area is 195 Å². The maximum absolute atomic E-state index is 11.1. The molecule has 0 saturated carbocycles. The van der Waals surface area contributed by atoms with Crippen molar-refractivity contribution >= 4 is 0 Å². The van der Waals surface area contributed by atoms with Gasteiger partial charge in [0.25, 0.3) is 0 Å². The van der Waals surface area contributed by atoms with Crippen LogP contribution in [0.4, 0.5) is 0 Å². The largest absolute Gasteiger partial charge is 0.502 e. The summed E-state index contributed by atoms with van der Waals surface area (Å²) in [6, 6.07) is 7.83. The van der Waals surface area contributed by atoms with Gasteiger partial charge < -0.3 is 34.1 Å². The van der Waals surface area contributed by atoms with Crippen LogP contribution in [0.3, 0.4) is 0 Å². The summed E-state index contributed by atoms with van der Waals surface area (Å²) in [5.74, 6) is 1.96. The third-order valence-electron chi connectivity index (χ3n) is 6.24. The topological polar surface area (TPSA) is 81.4 Å². The molecule has 0 unspecified atom stereocenters. The highest BCUT2D eigenvalue weighted by Gasteiger charge is 2.29. The molecule has 0 aromatic heterocycles. The molecule has 0 spiro atoms. The summed E-state index contributed by atoms with van der Waals surface area (Å²) in [6.45, 7) is 0.454. The molecule has 180 valence electrons. The summed E-state index contributed by atoms with van der Waals surface area (Å²) in [7, 11) is 11.9. The summed E-state index contributed by atoms with van der Waals surface area (Å²) in [5, 5.41) is 15.2. The Kier molecular flexibility index (Phi) is 8.18. The molecule has 0 amide bonds. The summed E-state index contributed by atoms with van der Waals surface area (Å²) in [6.07, 6.45) is 1.24. The lowest BCUT2D eigenvalue weighted by atomic mass is 9.95. The molecule has 0 fully saturated rings. The Bertz CT molecular complexity index is 1070. The highest BCUT2D eigenvalue weighted by Crippen LogP contribution is 2.50. The van der Waals surface area contributed by atoms with Crippen LogP contribution in [0.15, 0.2) is 24.3 Å². The smallest absolute Gasteiger partial charge is 0.242 e. The first-order valence-corrected chi connectivity index (χ1v) is 10.9. The number of methoxy groups -OCH3 is 5. The van der Waals surface area contributed by atoms with Gasteiger partial charge >= 0.3 is 0 Å². The fourth-order valence-corrected chi connectivity index (χ4v) is 4.50. The van der Waals surface area contributed by atoms with Crippen molar-refractivity contribution in [1.82, 2.24) is 9.89 Å². The molecule has 2 N–H and O–H groups in total. The van der Waals surface area contributed by atoms with E-state index in [1.807, 2.05) is 42.9 Å². The molecule has 1 atom stereocenters.